The number of imidazole rings is 1. The van der Waals surface area contributed by atoms with Crippen molar-refractivity contribution in [3.8, 4) is 17.0 Å². The Morgan fingerprint density at radius 1 is 1.38 bits per heavy atom. The van der Waals surface area contributed by atoms with Gasteiger partial charge in [0.15, 0.2) is 11.6 Å². The van der Waals surface area contributed by atoms with E-state index in [0.717, 1.165) is 18.7 Å². The minimum atomic E-state index is -0.401. The normalized spacial score (nSPS) is 21.1. The minimum absolute atomic E-state index is 0.225. The zero-order valence-corrected chi connectivity index (χ0v) is 12.6. The lowest BCUT2D eigenvalue weighted by Gasteiger charge is -2.27. The number of halogens is 1. The zero-order chi connectivity index (χ0) is 15.1. The number of methoxy groups -OCH3 is 1. The first-order chi connectivity index (χ1) is 10.0. The van der Waals surface area contributed by atoms with Gasteiger partial charge in [-0.1, -0.05) is 6.92 Å². The molecule has 0 saturated heterocycles. The molecule has 5 heteroatoms. The summed E-state index contributed by atoms with van der Waals surface area (Å²) in [5.41, 5.74) is 7.61. The van der Waals surface area contributed by atoms with Crippen molar-refractivity contribution in [2.45, 2.75) is 32.7 Å². The molecule has 0 amide bonds. The monoisotopic (exact) mass is 289 g/mol. The van der Waals surface area contributed by atoms with Crippen LogP contribution in [0.15, 0.2) is 18.2 Å². The second-order valence-corrected chi connectivity index (χ2v) is 5.88. The van der Waals surface area contributed by atoms with E-state index in [1.54, 1.807) is 12.1 Å². The van der Waals surface area contributed by atoms with Crippen LogP contribution in [0.5, 0.6) is 5.75 Å². The summed E-state index contributed by atoms with van der Waals surface area (Å²) in [5.74, 6) is 2.03. The number of hydrogen-bond acceptors (Lipinski definition) is 3. The first-order valence-corrected chi connectivity index (χ1v) is 7.21. The number of nitrogens with zero attached hydrogens (tertiary/aromatic N) is 2. The van der Waals surface area contributed by atoms with Gasteiger partial charge in [-0.2, -0.15) is 0 Å². The first kappa shape index (κ1) is 13.9. The fraction of sp³-hybridized carbons (Fsp3) is 0.438. The maximum atomic E-state index is 13.9. The Hall–Kier alpha value is -2.04. The number of anilines is 1. The predicted octanol–water partition coefficient (Wildman–Crippen LogP) is 3.42. The van der Waals surface area contributed by atoms with Gasteiger partial charge in [-0.3, -0.25) is 0 Å². The van der Waals surface area contributed by atoms with Crippen molar-refractivity contribution in [3.05, 3.63) is 29.8 Å². The van der Waals surface area contributed by atoms with Gasteiger partial charge in [-0.25, -0.2) is 9.37 Å². The van der Waals surface area contributed by atoms with Crippen LogP contribution in [0.4, 0.5) is 10.2 Å². The molecule has 3 rings (SSSR count). The lowest BCUT2D eigenvalue weighted by atomic mass is 9.95. The van der Waals surface area contributed by atoms with E-state index in [9.17, 15) is 4.39 Å². The summed E-state index contributed by atoms with van der Waals surface area (Å²) in [6.45, 7) is 4.37. The van der Waals surface area contributed by atoms with Crippen LogP contribution in [-0.4, -0.2) is 16.7 Å². The molecular weight excluding hydrogens is 269 g/mol. The van der Waals surface area contributed by atoms with Crippen molar-refractivity contribution in [1.29, 1.82) is 0 Å². The second kappa shape index (κ2) is 5.06. The molecule has 0 radical (unpaired) electrons. The highest BCUT2D eigenvalue weighted by Crippen LogP contribution is 2.36. The smallest absolute Gasteiger partial charge is 0.165 e. The maximum Gasteiger partial charge on any atom is 0.165 e. The van der Waals surface area contributed by atoms with E-state index < -0.39 is 5.82 Å². The molecule has 0 aliphatic carbocycles. The van der Waals surface area contributed by atoms with Gasteiger partial charge in [-0.05, 0) is 37.5 Å². The fourth-order valence-corrected chi connectivity index (χ4v) is 3.24. The SMILES string of the molecule is COc1ccc(-c2nc3n(c2N)C(C)CC(C)C3)cc1F. The van der Waals surface area contributed by atoms with Crippen molar-refractivity contribution in [3.63, 3.8) is 0 Å². The third kappa shape index (κ3) is 2.26. The summed E-state index contributed by atoms with van der Waals surface area (Å²) in [5, 5.41) is 0. The average Bonchev–Trinajstić information content (AvgIpc) is 2.75. The second-order valence-electron chi connectivity index (χ2n) is 5.88. The van der Waals surface area contributed by atoms with E-state index in [4.69, 9.17) is 10.5 Å². The lowest BCUT2D eigenvalue weighted by Crippen LogP contribution is -2.22. The molecule has 4 nitrogen and oxygen atoms in total. The van der Waals surface area contributed by atoms with Gasteiger partial charge >= 0.3 is 0 Å². The molecule has 0 spiro atoms. The largest absolute Gasteiger partial charge is 0.494 e. The van der Waals surface area contributed by atoms with Crippen LogP contribution >= 0.6 is 0 Å². The van der Waals surface area contributed by atoms with Crippen LogP contribution in [0.1, 0.15) is 32.1 Å². The summed E-state index contributed by atoms with van der Waals surface area (Å²) < 4.78 is 20.9. The number of ether oxygens (including phenoxy) is 1. The molecule has 21 heavy (non-hydrogen) atoms. The Labute approximate surface area is 123 Å². The lowest BCUT2D eigenvalue weighted by molar-refractivity contribution is 0.346. The Morgan fingerprint density at radius 3 is 2.81 bits per heavy atom. The molecule has 1 aromatic heterocycles. The third-order valence-electron chi connectivity index (χ3n) is 4.16. The van der Waals surface area contributed by atoms with Crippen LogP contribution < -0.4 is 10.5 Å². The zero-order valence-electron chi connectivity index (χ0n) is 12.6. The number of nitrogen functional groups attached to an aromatic ring is 1. The highest BCUT2D eigenvalue weighted by Gasteiger charge is 2.27. The van der Waals surface area contributed by atoms with Crippen molar-refractivity contribution < 1.29 is 9.13 Å². The van der Waals surface area contributed by atoms with E-state index in [0.29, 0.717) is 29.0 Å². The predicted molar refractivity (Wildman–Crippen MR) is 80.8 cm³/mol. The molecule has 1 aromatic carbocycles. The standard InChI is InChI=1S/C16H20FN3O/c1-9-6-10(2)20-14(7-9)19-15(16(20)18)11-4-5-13(21-3)12(17)8-11/h4-5,8-10H,6-7,18H2,1-3H3. The van der Waals surface area contributed by atoms with Gasteiger partial charge in [0.1, 0.15) is 17.3 Å². The molecule has 1 aliphatic rings. The first-order valence-electron chi connectivity index (χ1n) is 7.21. The van der Waals surface area contributed by atoms with Crippen LogP contribution in [0, 0.1) is 11.7 Å². The van der Waals surface area contributed by atoms with Gasteiger partial charge in [0.2, 0.25) is 0 Å². The van der Waals surface area contributed by atoms with E-state index >= 15 is 0 Å². The molecule has 0 fully saturated rings. The summed E-state index contributed by atoms with van der Waals surface area (Å²) in [4.78, 5) is 4.65. The van der Waals surface area contributed by atoms with Gasteiger partial charge < -0.3 is 15.0 Å². The van der Waals surface area contributed by atoms with Gasteiger partial charge in [0.25, 0.3) is 0 Å². The van der Waals surface area contributed by atoms with E-state index in [2.05, 4.69) is 23.4 Å². The number of benzene rings is 1. The fourth-order valence-electron chi connectivity index (χ4n) is 3.24. The topological polar surface area (TPSA) is 53.1 Å². The van der Waals surface area contributed by atoms with Crippen LogP contribution in [0.2, 0.25) is 0 Å². The van der Waals surface area contributed by atoms with E-state index in [-0.39, 0.29) is 5.75 Å². The van der Waals surface area contributed by atoms with Crippen LogP contribution in [-0.2, 0) is 6.42 Å². The summed E-state index contributed by atoms with van der Waals surface area (Å²) >= 11 is 0. The molecule has 2 atom stereocenters. The Kier molecular flexibility index (Phi) is 3.35. The Bertz CT molecular complexity index is 680. The van der Waals surface area contributed by atoms with Gasteiger partial charge in [0.05, 0.1) is 7.11 Å². The van der Waals surface area contributed by atoms with E-state index in [1.807, 2.05) is 0 Å². The summed E-state index contributed by atoms with van der Waals surface area (Å²) in [6, 6.07) is 5.15. The summed E-state index contributed by atoms with van der Waals surface area (Å²) in [6.07, 6.45) is 2.00. The molecule has 0 bridgehead atoms. The number of rotatable bonds is 2. The van der Waals surface area contributed by atoms with Crippen molar-refractivity contribution >= 4 is 5.82 Å². The van der Waals surface area contributed by atoms with Crippen LogP contribution in [0.3, 0.4) is 0 Å². The van der Waals surface area contributed by atoms with Gasteiger partial charge in [-0.15, -0.1) is 0 Å². The van der Waals surface area contributed by atoms with Crippen molar-refractivity contribution in [2.75, 3.05) is 12.8 Å². The quantitative estimate of drug-likeness (QED) is 0.921. The molecule has 112 valence electrons. The molecule has 2 unspecified atom stereocenters. The molecule has 2 N–H and O–H groups in total. The average molecular weight is 289 g/mol. The van der Waals surface area contributed by atoms with Gasteiger partial charge in [0, 0.05) is 18.0 Å². The number of hydrogen-bond donors (Lipinski definition) is 1. The number of nitrogens with two attached hydrogens (primary N) is 1. The van der Waals surface area contributed by atoms with Crippen LogP contribution in [0.25, 0.3) is 11.3 Å². The highest BCUT2D eigenvalue weighted by molar-refractivity contribution is 5.72. The summed E-state index contributed by atoms with van der Waals surface area (Å²) in [7, 11) is 1.45. The number of aromatic nitrogens is 2. The third-order valence-corrected chi connectivity index (χ3v) is 4.16. The van der Waals surface area contributed by atoms with E-state index in [1.165, 1.54) is 13.2 Å². The van der Waals surface area contributed by atoms with Crippen molar-refractivity contribution in [2.24, 2.45) is 5.92 Å². The van der Waals surface area contributed by atoms with Crippen molar-refractivity contribution in [1.82, 2.24) is 9.55 Å². The molecule has 2 aromatic rings. The Balaban J connectivity index is 2.08. The maximum absolute atomic E-state index is 13.9. The molecular formula is C16H20FN3O. The molecule has 0 saturated carbocycles. The molecule has 2 heterocycles. The highest BCUT2D eigenvalue weighted by atomic mass is 19.1. The Morgan fingerprint density at radius 2 is 2.14 bits per heavy atom. The number of fused-ring (bicyclic) bond motifs is 1. The minimum Gasteiger partial charge on any atom is -0.494 e. The molecule has 1 aliphatic heterocycles.